The van der Waals surface area contributed by atoms with Gasteiger partial charge in [0.05, 0.1) is 17.6 Å². The van der Waals surface area contributed by atoms with Crippen LogP contribution in [0.1, 0.15) is 15.9 Å². The van der Waals surface area contributed by atoms with Crippen molar-refractivity contribution in [1.29, 1.82) is 0 Å². The largest absolute Gasteiger partial charge is 0.465 e. The number of anilines is 1. The van der Waals surface area contributed by atoms with E-state index in [4.69, 9.17) is 4.74 Å². The molecule has 4 rings (SSSR count). The van der Waals surface area contributed by atoms with Crippen LogP contribution in [0.3, 0.4) is 0 Å². The maximum absolute atomic E-state index is 12.4. The van der Waals surface area contributed by atoms with Gasteiger partial charge in [-0.05, 0) is 47.7 Å². The highest BCUT2D eigenvalue weighted by molar-refractivity contribution is 8.18. The van der Waals surface area contributed by atoms with E-state index in [1.54, 1.807) is 24.3 Å². The number of rotatable bonds is 3. The maximum Gasteiger partial charge on any atom is 0.337 e. The average molecular weight is 407 g/mol. The topological polar surface area (TPSA) is 62.2 Å². The summed E-state index contributed by atoms with van der Waals surface area (Å²) in [6.07, 6.45) is 1.81. The predicted octanol–water partition coefficient (Wildman–Crippen LogP) is 3.27. The molecule has 0 aliphatic carbocycles. The van der Waals surface area contributed by atoms with Crippen molar-refractivity contribution < 1.29 is 14.3 Å². The fourth-order valence-corrected chi connectivity index (χ4v) is 4.28. The summed E-state index contributed by atoms with van der Waals surface area (Å²) < 4.78 is 4.70. The standard InChI is InChI=1S/C22H21N3O3S/c1-28-21(27)17-9-7-16(8-10-17)15-19-20(26)23-22(29-19)25-13-11-24(12-14-25)18-5-3-2-4-6-18/h2-10,15H,11-14H2,1H3. The van der Waals surface area contributed by atoms with Crippen LogP contribution in [-0.2, 0) is 9.53 Å². The predicted molar refractivity (Wildman–Crippen MR) is 116 cm³/mol. The number of ether oxygens (including phenoxy) is 1. The highest BCUT2D eigenvalue weighted by Crippen LogP contribution is 2.31. The van der Waals surface area contributed by atoms with Crippen molar-refractivity contribution in [2.24, 2.45) is 4.99 Å². The van der Waals surface area contributed by atoms with Crippen molar-refractivity contribution in [3.8, 4) is 0 Å². The Morgan fingerprint density at radius 2 is 1.66 bits per heavy atom. The molecule has 7 heteroatoms. The fraction of sp³-hybridized carbons (Fsp3) is 0.227. The summed E-state index contributed by atoms with van der Waals surface area (Å²) >= 11 is 1.41. The Morgan fingerprint density at radius 3 is 2.31 bits per heavy atom. The molecule has 2 aliphatic heterocycles. The summed E-state index contributed by atoms with van der Waals surface area (Å²) in [6.45, 7) is 3.45. The molecule has 2 aromatic carbocycles. The summed E-state index contributed by atoms with van der Waals surface area (Å²) in [5.41, 5.74) is 2.55. The number of amides is 1. The summed E-state index contributed by atoms with van der Waals surface area (Å²) in [5, 5.41) is 0.764. The lowest BCUT2D eigenvalue weighted by Gasteiger charge is -2.36. The number of aliphatic imine (C=N–C) groups is 1. The molecule has 1 amide bonds. The molecule has 2 heterocycles. The van der Waals surface area contributed by atoms with Crippen LogP contribution in [0.2, 0.25) is 0 Å². The van der Waals surface area contributed by atoms with Gasteiger partial charge in [-0.2, -0.15) is 4.99 Å². The third-order valence-corrected chi connectivity index (χ3v) is 5.95. The minimum Gasteiger partial charge on any atom is -0.465 e. The molecule has 148 valence electrons. The molecule has 29 heavy (non-hydrogen) atoms. The number of thioether (sulfide) groups is 1. The van der Waals surface area contributed by atoms with E-state index in [2.05, 4.69) is 26.9 Å². The van der Waals surface area contributed by atoms with Gasteiger partial charge < -0.3 is 14.5 Å². The van der Waals surface area contributed by atoms with Crippen molar-refractivity contribution in [3.63, 3.8) is 0 Å². The Bertz CT molecular complexity index is 963. The van der Waals surface area contributed by atoms with Crippen LogP contribution in [0.5, 0.6) is 0 Å². The van der Waals surface area contributed by atoms with Gasteiger partial charge in [0, 0.05) is 31.9 Å². The number of esters is 1. The first-order chi connectivity index (χ1) is 14.1. The zero-order valence-corrected chi connectivity index (χ0v) is 16.9. The van der Waals surface area contributed by atoms with Gasteiger partial charge in [0.15, 0.2) is 5.17 Å². The number of hydrogen-bond donors (Lipinski definition) is 0. The fourth-order valence-electron chi connectivity index (χ4n) is 3.31. The summed E-state index contributed by atoms with van der Waals surface area (Å²) in [6, 6.07) is 17.3. The normalized spacial score (nSPS) is 18.2. The number of hydrogen-bond acceptors (Lipinski definition) is 6. The number of para-hydroxylation sites is 1. The lowest BCUT2D eigenvalue weighted by Crippen LogP contribution is -2.47. The van der Waals surface area contributed by atoms with E-state index in [1.807, 2.05) is 24.3 Å². The molecule has 0 atom stereocenters. The second-order valence-electron chi connectivity index (χ2n) is 6.73. The van der Waals surface area contributed by atoms with Crippen LogP contribution in [0, 0.1) is 0 Å². The van der Waals surface area contributed by atoms with Crippen molar-refractivity contribution in [2.45, 2.75) is 0 Å². The van der Waals surface area contributed by atoms with E-state index in [0.29, 0.717) is 10.5 Å². The Kier molecular flexibility index (Phi) is 5.67. The molecule has 0 saturated carbocycles. The van der Waals surface area contributed by atoms with Crippen molar-refractivity contribution >= 4 is 40.6 Å². The number of piperazine rings is 1. The third-order valence-electron chi connectivity index (χ3n) is 4.91. The first-order valence-corrected chi connectivity index (χ1v) is 10.2. The molecule has 0 radical (unpaired) electrons. The zero-order chi connectivity index (χ0) is 20.2. The smallest absolute Gasteiger partial charge is 0.337 e. The Hall–Kier alpha value is -3.06. The molecular weight excluding hydrogens is 386 g/mol. The highest BCUT2D eigenvalue weighted by Gasteiger charge is 2.28. The molecule has 1 saturated heterocycles. The van der Waals surface area contributed by atoms with E-state index in [-0.39, 0.29) is 11.9 Å². The third kappa shape index (κ3) is 4.35. The monoisotopic (exact) mass is 407 g/mol. The molecular formula is C22H21N3O3S. The maximum atomic E-state index is 12.4. The van der Waals surface area contributed by atoms with E-state index in [1.165, 1.54) is 24.6 Å². The van der Waals surface area contributed by atoms with Gasteiger partial charge >= 0.3 is 5.97 Å². The van der Waals surface area contributed by atoms with Gasteiger partial charge in [0.25, 0.3) is 5.91 Å². The Labute approximate surface area is 173 Å². The van der Waals surface area contributed by atoms with E-state index < -0.39 is 0 Å². The molecule has 0 aromatic heterocycles. The number of nitrogens with zero attached hydrogens (tertiary/aromatic N) is 3. The number of carbonyl (C=O) groups is 2. The second-order valence-corrected chi connectivity index (χ2v) is 7.74. The minimum atomic E-state index is -0.379. The minimum absolute atomic E-state index is 0.215. The van der Waals surface area contributed by atoms with Crippen LogP contribution in [0.4, 0.5) is 5.69 Å². The van der Waals surface area contributed by atoms with E-state index in [0.717, 1.165) is 36.9 Å². The average Bonchev–Trinajstić information content (AvgIpc) is 3.14. The first-order valence-electron chi connectivity index (χ1n) is 9.40. The van der Waals surface area contributed by atoms with Crippen LogP contribution >= 0.6 is 11.8 Å². The molecule has 6 nitrogen and oxygen atoms in total. The number of methoxy groups -OCH3 is 1. The molecule has 2 aromatic rings. The van der Waals surface area contributed by atoms with Crippen LogP contribution < -0.4 is 4.90 Å². The number of carbonyl (C=O) groups excluding carboxylic acids is 2. The highest BCUT2D eigenvalue weighted by atomic mass is 32.2. The Balaban J connectivity index is 1.38. The van der Waals surface area contributed by atoms with Gasteiger partial charge in [-0.15, -0.1) is 0 Å². The van der Waals surface area contributed by atoms with E-state index >= 15 is 0 Å². The van der Waals surface area contributed by atoms with Gasteiger partial charge in [0.1, 0.15) is 0 Å². The van der Waals surface area contributed by atoms with Gasteiger partial charge in [-0.25, -0.2) is 4.79 Å². The van der Waals surface area contributed by atoms with Crippen molar-refractivity contribution in [2.75, 3.05) is 38.2 Å². The van der Waals surface area contributed by atoms with Gasteiger partial charge in [-0.3, -0.25) is 4.79 Å². The summed E-state index contributed by atoms with van der Waals surface area (Å²) in [4.78, 5) is 33.2. The summed E-state index contributed by atoms with van der Waals surface area (Å²) in [5.74, 6) is -0.594. The molecule has 0 N–H and O–H groups in total. The quantitative estimate of drug-likeness (QED) is 0.575. The Morgan fingerprint density at radius 1 is 1.00 bits per heavy atom. The van der Waals surface area contributed by atoms with Crippen LogP contribution in [0.25, 0.3) is 6.08 Å². The number of amidine groups is 1. The lowest BCUT2D eigenvalue weighted by molar-refractivity contribution is -0.113. The zero-order valence-electron chi connectivity index (χ0n) is 16.1. The SMILES string of the molecule is COC(=O)c1ccc(C=C2SC(N3CCN(c4ccccc4)CC3)=NC2=O)cc1. The summed E-state index contributed by atoms with van der Waals surface area (Å²) in [7, 11) is 1.35. The molecule has 0 spiro atoms. The van der Waals surface area contributed by atoms with E-state index in [9.17, 15) is 9.59 Å². The van der Waals surface area contributed by atoms with Crippen molar-refractivity contribution in [3.05, 3.63) is 70.6 Å². The molecule has 0 bridgehead atoms. The lowest BCUT2D eigenvalue weighted by atomic mass is 10.1. The van der Waals surface area contributed by atoms with Crippen LogP contribution in [-0.4, -0.2) is 55.2 Å². The van der Waals surface area contributed by atoms with Gasteiger partial charge in [0.2, 0.25) is 0 Å². The van der Waals surface area contributed by atoms with Crippen LogP contribution in [0.15, 0.2) is 64.5 Å². The second kappa shape index (κ2) is 8.53. The molecule has 1 fully saturated rings. The number of benzene rings is 2. The first kappa shape index (κ1) is 19.3. The molecule has 0 unspecified atom stereocenters. The van der Waals surface area contributed by atoms with Gasteiger partial charge in [-0.1, -0.05) is 30.3 Å². The van der Waals surface area contributed by atoms with Crippen molar-refractivity contribution in [1.82, 2.24) is 4.90 Å². The molecule has 2 aliphatic rings.